The second-order valence-electron chi connectivity index (χ2n) is 12.4. The monoisotopic (exact) mass is 740 g/mol. The van der Waals surface area contributed by atoms with Crippen LogP contribution in [0.2, 0.25) is 0 Å². The summed E-state index contributed by atoms with van der Waals surface area (Å²) in [6.45, 7) is 0. The SMILES string of the molecule is O=C(c1ccccc1Oc1ccc(Oc2ccc(N3C(=O)C=CC3=O)cc2)cc1)c1ccccc1Oc1ccc(Oc2ccc(N3C(=O)C=CC3=O)cc2)cc1. The maximum atomic E-state index is 14.0. The Kier molecular flexibility index (Phi) is 9.46. The Balaban J connectivity index is 0.909. The second kappa shape index (κ2) is 15.1. The zero-order chi connectivity index (χ0) is 38.6. The normalized spacial score (nSPS) is 13.4. The topological polar surface area (TPSA) is 129 Å². The van der Waals surface area contributed by atoms with Gasteiger partial charge < -0.3 is 18.9 Å². The number of imide groups is 2. The molecule has 0 fully saturated rings. The largest absolute Gasteiger partial charge is 0.457 e. The van der Waals surface area contributed by atoms with Gasteiger partial charge in [-0.3, -0.25) is 24.0 Å². The number of rotatable bonds is 12. The fraction of sp³-hybridized carbons (Fsp3) is 0. The molecule has 6 aromatic rings. The van der Waals surface area contributed by atoms with Crippen molar-refractivity contribution in [3.63, 3.8) is 0 Å². The Bertz CT molecular complexity index is 2350. The van der Waals surface area contributed by atoms with Crippen molar-refractivity contribution in [2.75, 3.05) is 9.80 Å². The molecule has 0 atom stereocenters. The van der Waals surface area contributed by atoms with Crippen LogP contribution in [0, 0.1) is 0 Å². The van der Waals surface area contributed by atoms with Gasteiger partial charge in [-0.05, 0) is 121 Å². The van der Waals surface area contributed by atoms with Crippen molar-refractivity contribution in [2.24, 2.45) is 0 Å². The highest BCUT2D eigenvalue weighted by Crippen LogP contribution is 2.34. The maximum absolute atomic E-state index is 14.0. The third-order valence-corrected chi connectivity index (χ3v) is 8.65. The number of anilines is 2. The molecule has 6 aromatic carbocycles. The van der Waals surface area contributed by atoms with Gasteiger partial charge in [0.05, 0.1) is 22.5 Å². The second-order valence-corrected chi connectivity index (χ2v) is 12.4. The maximum Gasteiger partial charge on any atom is 0.258 e. The van der Waals surface area contributed by atoms with E-state index >= 15 is 0 Å². The van der Waals surface area contributed by atoms with Gasteiger partial charge in [-0.15, -0.1) is 0 Å². The Morgan fingerprint density at radius 2 is 0.607 bits per heavy atom. The van der Waals surface area contributed by atoms with Crippen molar-refractivity contribution in [1.82, 2.24) is 0 Å². The minimum Gasteiger partial charge on any atom is -0.457 e. The van der Waals surface area contributed by atoms with Gasteiger partial charge in [0, 0.05) is 24.3 Å². The molecular formula is C45H28N2O9. The van der Waals surface area contributed by atoms with Gasteiger partial charge in [0.15, 0.2) is 0 Å². The summed E-state index contributed by atoms with van der Waals surface area (Å²) in [4.78, 5) is 64.0. The number of hydrogen-bond donors (Lipinski definition) is 0. The fourth-order valence-electron chi connectivity index (χ4n) is 5.95. The predicted octanol–water partition coefficient (Wildman–Crippen LogP) is 8.95. The first-order chi connectivity index (χ1) is 27.3. The number of ether oxygens (including phenoxy) is 4. The van der Waals surface area contributed by atoms with Crippen molar-refractivity contribution < 1.29 is 42.9 Å². The molecule has 8 rings (SSSR count). The van der Waals surface area contributed by atoms with E-state index in [1.54, 1.807) is 146 Å². The average molecular weight is 741 g/mol. The van der Waals surface area contributed by atoms with Gasteiger partial charge in [-0.2, -0.15) is 0 Å². The van der Waals surface area contributed by atoms with E-state index in [0.717, 1.165) is 9.80 Å². The van der Waals surface area contributed by atoms with Crippen molar-refractivity contribution >= 4 is 40.8 Å². The highest BCUT2D eigenvalue weighted by molar-refractivity contribution is 6.28. The molecule has 0 spiro atoms. The standard InChI is InChI=1S/C45H28N2O9/c48-41-25-26-42(49)46(41)29-9-13-31(14-10-29)53-33-17-21-35(22-18-33)55-39-7-3-1-5-37(39)45(52)38-6-2-4-8-40(38)56-36-23-19-34(20-24-36)54-32-15-11-30(12-16-32)47-43(50)27-28-44(47)51/h1-28H. The summed E-state index contributed by atoms with van der Waals surface area (Å²) in [6, 6.07) is 40.8. The van der Waals surface area contributed by atoms with Gasteiger partial charge in [-0.25, -0.2) is 9.80 Å². The van der Waals surface area contributed by atoms with Crippen LogP contribution in [0.15, 0.2) is 170 Å². The molecule has 11 nitrogen and oxygen atoms in total. The van der Waals surface area contributed by atoms with Crippen LogP contribution in [-0.4, -0.2) is 29.4 Å². The highest BCUT2D eigenvalue weighted by Gasteiger charge is 2.26. The first-order valence-corrected chi connectivity index (χ1v) is 17.3. The molecule has 4 amide bonds. The number of ketones is 1. The molecule has 272 valence electrons. The number of amides is 4. The summed E-state index contributed by atoms with van der Waals surface area (Å²) in [5.74, 6) is 1.83. The number of nitrogens with zero attached hydrogens (tertiary/aromatic N) is 2. The highest BCUT2D eigenvalue weighted by atomic mass is 16.5. The average Bonchev–Trinajstić information content (AvgIpc) is 3.74. The van der Waals surface area contributed by atoms with E-state index in [-0.39, 0.29) is 5.78 Å². The zero-order valence-electron chi connectivity index (χ0n) is 29.2. The van der Waals surface area contributed by atoms with Crippen molar-refractivity contribution in [3.05, 3.63) is 181 Å². The molecule has 0 saturated heterocycles. The molecule has 0 aromatic heterocycles. The Hall–Kier alpha value is -8.05. The van der Waals surface area contributed by atoms with E-state index in [1.165, 1.54) is 24.3 Å². The summed E-state index contributed by atoms with van der Waals surface area (Å²) in [6.07, 6.45) is 4.92. The molecule has 0 saturated carbocycles. The minimum absolute atomic E-state index is 0.302. The van der Waals surface area contributed by atoms with E-state index in [4.69, 9.17) is 18.9 Å². The predicted molar refractivity (Wildman–Crippen MR) is 206 cm³/mol. The number of hydrogen-bond acceptors (Lipinski definition) is 9. The smallest absolute Gasteiger partial charge is 0.258 e. The number of carbonyl (C=O) groups is 5. The lowest BCUT2D eigenvalue weighted by Gasteiger charge is -2.15. The molecule has 0 bridgehead atoms. The molecule has 0 radical (unpaired) electrons. The van der Waals surface area contributed by atoms with Crippen molar-refractivity contribution in [2.45, 2.75) is 0 Å². The molecule has 0 aliphatic carbocycles. The molecular weight excluding hydrogens is 712 g/mol. The van der Waals surface area contributed by atoms with Crippen LogP contribution in [0.1, 0.15) is 15.9 Å². The third-order valence-electron chi connectivity index (χ3n) is 8.65. The Morgan fingerprint density at radius 1 is 0.339 bits per heavy atom. The van der Waals surface area contributed by atoms with Crippen LogP contribution in [0.5, 0.6) is 46.0 Å². The van der Waals surface area contributed by atoms with Gasteiger partial charge in [-0.1, -0.05) is 24.3 Å². The number of carbonyl (C=O) groups excluding carboxylic acids is 5. The quantitative estimate of drug-likeness (QED) is 0.0892. The van der Waals surface area contributed by atoms with E-state index in [0.29, 0.717) is 68.5 Å². The molecule has 0 N–H and O–H groups in total. The Labute approximate surface area is 319 Å². The molecule has 56 heavy (non-hydrogen) atoms. The summed E-state index contributed by atoms with van der Waals surface area (Å²) in [7, 11) is 0. The van der Waals surface area contributed by atoms with Crippen molar-refractivity contribution in [3.8, 4) is 46.0 Å². The zero-order valence-corrected chi connectivity index (χ0v) is 29.2. The van der Waals surface area contributed by atoms with Crippen molar-refractivity contribution in [1.29, 1.82) is 0 Å². The number of benzene rings is 6. The lowest BCUT2D eigenvalue weighted by Crippen LogP contribution is -2.29. The number of para-hydroxylation sites is 2. The van der Waals surface area contributed by atoms with Crippen LogP contribution in [0.4, 0.5) is 11.4 Å². The van der Waals surface area contributed by atoms with Gasteiger partial charge in [0.1, 0.15) is 46.0 Å². The van der Waals surface area contributed by atoms with Crippen LogP contribution in [-0.2, 0) is 19.2 Å². The van der Waals surface area contributed by atoms with E-state index in [9.17, 15) is 24.0 Å². The lowest BCUT2D eigenvalue weighted by atomic mass is 10.0. The summed E-state index contributed by atoms with van der Waals surface area (Å²) in [5.41, 5.74) is 1.56. The molecule has 2 aliphatic heterocycles. The van der Waals surface area contributed by atoms with E-state index in [2.05, 4.69) is 0 Å². The third kappa shape index (κ3) is 7.41. The summed E-state index contributed by atoms with van der Waals surface area (Å²) in [5, 5.41) is 0. The van der Waals surface area contributed by atoms with Crippen LogP contribution in [0.25, 0.3) is 0 Å². The molecule has 0 unspecified atom stereocenters. The van der Waals surface area contributed by atoms with E-state index in [1.807, 2.05) is 0 Å². The van der Waals surface area contributed by atoms with Gasteiger partial charge in [0.2, 0.25) is 5.78 Å². The molecule has 2 heterocycles. The Morgan fingerprint density at radius 3 is 0.929 bits per heavy atom. The first kappa shape index (κ1) is 35.0. The van der Waals surface area contributed by atoms with E-state index < -0.39 is 23.6 Å². The summed E-state index contributed by atoms with van der Waals surface area (Å²) < 4.78 is 24.2. The molecule has 2 aliphatic rings. The van der Waals surface area contributed by atoms with Crippen LogP contribution >= 0.6 is 0 Å². The lowest BCUT2D eigenvalue weighted by molar-refractivity contribution is -0.121. The fourth-order valence-corrected chi connectivity index (χ4v) is 5.95. The van der Waals surface area contributed by atoms with Gasteiger partial charge in [0.25, 0.3) is 23.6 Å². The summed E-state index contributed by atoms with van der Waals surface area (Å²) >= 11 is 0. The molecule has 11 heteroatoms. The van der Waals surface area contributed by atoms with Crippen LogP contribution < -0.4 is 28.7 Å². The minimum atomic E-state index is -0.395. The first-order valence-electron chi connectivity index (χ1n) is 17.3. The van der Waals surface area contributed by atoms with Gasteiger partial charge >= 0.3 is 0 Å². The van der Waals surface area contributed by atoms with Crippen LogP contribution in [0.3, 0.4) is 0 Å².